The van der Waals surface area contributed by atoms with Crippen molar-refractivity contribution in [1.29, 1.82) is 0 Å². The number of nitrogen functional groups attached to an aromatic ring is 1. The van der Waals surface area contributed by atoms with Crippen molar-refractivity contribution in [2.24, 2.45) is 0 Å². The Hall–Kier alpha value is -2.85. The van der Waals surface area contributed by atoms with Crippen molar-refractivity contribution >= 4 is 44.9 Å². The Morgan fingerprint density at radius 1 is 1.29 bits per heavy atom. The molecule has 4 aromatic heterocycles. The molecule has 0 bridgehead atoms. The molecule has 0 saturated heterocycles. The van der Waals surface area contributed by atoms with Gasteiger partial charge in [0.05, 0.1) is 29.1 Å². The fourth-order valence-corrected chi connectivity index (χ4v) is 5.66. The summed E-state index contributed by atoms with van der Waals surface area (Å²) in [4.78, 5) is 18.5. The van der Waals surface area contributed by atoms with Crippen LogP contribution in [0.4, 0.5) is 5.69 Å². The van der Waals surface area contributed by atoms with E-state index in [1.165, 1.54) is 35.9 Å². The van der Waals surface area contributed by atoms with Crippen LogP contribution in [-0.2, 0) is 11.3 Å². The van der Waals surface area contributed by atoms with E-state index < -0.39 is 0 Å². The summed E-state index contributed by atoms with van der Waals surface area (Å²) in [5.74, 6) is 1.74. The molecule has 160 valence electrons. The van der Waals surface area contributed by atoms with Gasteiger partial charge in [-0.3, -0.25) is 9.36 Å². The van der Waals surface area contributed by atoms with Crippen LogP contribution in [0.3, 0.4) is 0 Å². The van der Waals surface area contributed by atoms with Crippen molar-refractivity contribution in [3.05, 3.63) is 42.5 Å². The minimum Gasteiger partial charge on any atom is -0.467 e. The number of nitrogens with one attached hydrogen (secondary N) is 1. The standard InChI is InChI=1S/C21H22N6O2S2/c22-17-15-8-3-9-23-20(15)31-18(17)19-25-26-21(27(19)11-14-7-4-10-29-14)30-12-16(28)24-13-5-1-2-6-13/h3-4,7-10,13H,1-2,5-6,11-12,22H2,(H,24,28). The summed E-state index contributed by atoms with van der Waals surface area (Å²) in [5, 5.41) is 13.5. The number of thioether (sulfide) groups is 1. The lowest BCUT2D eigenvalue weighted by atomic mass is 10.2. The highest BCUT2D eigenvalue weighted by molar-refractivity contribution is 7.99. The number of carbonyl (C=O) groups excluding carboxylic acids is 1. The minimum absolute atomic E-state index is 0.0246. The predicted molar refractivity (Wildman–Crippen MR) is 122 cm³/mol. The molecular formula is C21H22N6O2S2. The summed E-state index contributed by atoms with van der Waals surface area (Å²) in [7, 11) is 0. The van der Waals surface area contributed by atoms with Crippen molar-refractivity contribution in [3.8, 4) is 10.7 Å². The molecule has 0 spiro atoms. The summed E-state index contributed by atoms with van der Waals surface area (Å²) in [6.45, 7) is 0.447. The number of rotatable bonds is 7. The lowest BCUT2D eigenvalue weighted by Gasteiger charge is -2.12. The maximum atomic E-state index is 12.4. The van der Waals surface area contributed by atoms with E-state index in [2.05, 4.69) is 20.5 Å². The van der Waals surface area contributed by atoms with E-state index in [0.29, 0.717) is 29.3 Å². The van der Waals surface area contributed by atoms with E-state index in [1.54, 1.807) is 12.5 Å². The van der Waals surface area contributed by atoms with Crippen molar-refractivity contribution < 1.29 is 9.21 Å². The highest BCUT2D eigenvalue weighted by Crippen LogP contribution is 2.40. The largest absolute Gasteiger partial charge is 0.467 e. The number of amides is 1. The van der Waals surface area contributed by atoms with Gasteiger partial charge in [-0.1, -0.05) is 24.6 Å². The molecule has 0 aliphatic heterocycles. The number of anilines is 1. The normalized spacial score (nSPS) is 14.5. The Morgan fingerprint density at radius 3 is 2.94 bits per heavy atom. The summed E-state index contributed by atoms with van der Waals surface area (Å²) in [6, 6.07) is 7.87. The molecule has 10 heteroatoms. The smallest absolute Gasteiger partial charge is 0.230 e. The first-order chi connectivity index (χ1) is 15.2. The number of aromatic nitrogens is 4. The molecule has 1 amide bonds. The monoisotopic (exact) mass is 454 g/mol. The molecule has 1 aliphatic rings. The average Bonchev–Trinajstić information content (AvgIpc) is 3.56. The lowest BCUT2D eigenvalue weighted by Crippen LogP contribution is -2.33. The molecular weight excluding hydrogens is 432 g/mol. The van der Waals surface area contributed by atoms with Gasteiger partial charge in [0.15, 0.2) is 11.0 Å². The number of thiophene rings is 1. The number of hydrogen-bond donors (Lipinski definition) is 2. The van der Waals surface area contributed by atoms with Gasteiger partial charge in [-0.15, -0.1) is 21.5 Å². The third-order valence-electron chi connectivity index (χ3n) is 5.37. The second-order valence-electron chi connectivity index (χ2n) is 7.51. The van der Waals surface area contributed by atoms with Gasteiger partial charge in [0.25, 0.3) is 0 Å². The van der Waals surface area contributed by atoms with Crippen molar-refractivity contribution in [1.82, 2.24) is 25.1 Å². The molecule has 1 aliphatic carbocycles. The first-order valence-electron chi connectivity index (χ1n) is 10.2. The second kappa shape index (κ2) is 8.72. The van der Waals surface area contributed by atoms with E-state index in [4.69, 9.17) is 10.2 Å². The van der Waals surface area contributed by atoms with E-state index >= 15 is 0 Å². The fraction of sp³-hybridized carbons (Fsp3) is 0.333. The molecule has 4 heterocycles. The van der Waals surface area contributed by atoms with Gasteiger partial charge in [-0.25, -0.2) is 4.98 Å². The van der Waals surface area contributed by atoms with Gasteiger partial charge in [0, 0.05) is 17.6 Å². The predicted octanol–water partition coefficient (Wildman–Crippen LogP) is 3.93. The Bertz CT molecular complexity index is 1190. The van der Waals surface area contributed by atoms with Crippen LogP contribution in [0.25, 0.3) is 20.9 Å². The number of carbonyl (C=O) groups is 1. The zero-order chi connectivity index (χ0) is 21.2. The topological polar surface area (TPSA) is 112 Å². The molecule has 0 radical (unpaired) electrons. The van der Waals surface area contributed by atoms with E-state index in [0.717, 1.165) is 33.7 Å². The Labute approximate surface area is 187 Å². The molecule has 1 fully saturated rings. The molecule has 8 nitrogen and oxygen atoms in total. The lowest BCUT2D eigenvalue weighted by molar-refractivity contribution is -0.119. The molecule has 31 heavy (non-hydrogen) atoms. The van der Waals surface area contributed by atoms with Crippen molar-refractivity contribution in [2.45, 2.75) is 43.4 Å². The van der Waals surface area contributed by atoms with Crippen LogP contribution in [0.5, 0.6) is 0 Å². The van der Waals surface area contributed by atoms with Gasteiger partial charge in [0.1, 0.15) is 10.6 Å². The van der Waals surface area contributed by atoms with Crippen LogP contribution in [-0.4, -0.2) is 37.5 Å². The Morgan fingerprint density at radius 2 is 2.16 bits per heavy atom. The number of nitrogens with two attached hydrogens (primary N) is 1. The molecule has 3 N–H and O–H groups in total. The van der Waals surface area contributed by atoms with E-state index in [-0.39, 0.29) is 11.7 Å². The molecule has 1 saturated carbocycles. The minimum atomic E-state index is 0.0246. The first-order valence-corrected chi connectivity index (χ1v) is 12.0. The van der Waals surface area contributed by atoms with Gasteiger partial charge in [-0.05, 0) is 37.1 Å². The van der Waals surface area contributed by atoms with Gasteiger partial charge < -0.3 is 15.5 Å². The van der Waals surface area contributed by atoms with Gasteiger partial charge in [-0.2, -0.15) is 0 Å². The van der Waals surface area contributed by atoms with Crippen LogP contribution >= 0.6 is 23.1 Å². The van der Waals surface area contributed by atoms with Gasteiger partial charge in [0.2, 0.25) is 5.91 Å². The number of nitrogens with zero attached hydrogens (tertiary/aromatic N) is 4. The SMILES string of the molecule is Nc1c(-c2nnc(SCC(=O)NC3CCCC3)n2Cc2ccco2)sc2ncccc12. The summed E-state index contributed by atoms with van der Waals surface area (Å²) in [6.07, 6.45) is 7.89. The molecule has 5 rings (SSSR count). The van der Waals surface area contributed by atoms with E-state index in [9.17, 15) is 4.79 Å². The van der Waals surface area contributed by atoms with Crippen LogP contribution in [0.15, 0.2) is 46.3 Å². The van der Waals surface area contributed by atoms with Crippen LogP contribution in [0.1, 0.15) is 31.4 Å². The van der Waals surface area contributed by atoms with Crippen LogP contribution in [0, 0.1) is 0 Å². The third kappa shape index (κ3) is 4.17. The quantitative estimate of drug-likeness (QED) is 0.407. The summed E-state index contributed by atoms with van der Waals surface area (Å²) >= 11 is 2.86. The van der Waals surface area contributed by atoms with Crippen molar-refractivity contribution in [3.63, 3.8) is 0 Å². The number of fused-ring (bicyclic) bond motifs is 1. The van der Waals surface area contributed by atoms with Crippen LogP contribution in [0.2, 0.25) is 0 Å². The fourth-order valence-electron chi connectivity index (χ4n) is 3.85. The summed E-state index contributed by atoms with van der Waals surface area (Å²) in [5.41, 5.74) is 7.07. The maximum Gasteiger partial charge on any atom is 0.230 e. The molecule has 0 atom stereocenters. The van der Waals surface area contributed by atoms with Crippen molar-refractivity contribution in [2.75, 3.05) is 11.5 Å². The molecule has 0 unspecified atom stereocenters. The van der Waals surface area contributed by atoms with Gasteiger partial charge >= 0.3 is 0 Å². The highest BCUT2D eigenvalue weighted by Gasteiger charge is 2.23. The second-order valence-corrected chi connectivity index (χ2v) is 9.45. The third-order valence-corrected chi connectivity index (χ3v) is 7.46. The average molecular weight is 455 g/mol. The Balaban J connectivity index is 1.43. The molecule has 0 aromatic carbocycles. The van der Waals surface area contributed by atoms with E-state index in [1.807, 2.05) is 28.8 Å². The zero-order valence-corrected chi connectivity index (χ0v) is 18.4. The summed E-state index contributed by atoms with van der Waals surface area (Å²) < 4.78 is 7.50. The Kier molecular flexibility index (Phi) is 5.65. The number of furan rings is 1. The first kappa shape index (κ1) is 20.1. The number of hydrogen-bond acceptors (Lipinski definition) is 8. The molecule has 4 aromatic rings. The highest BCUT2D eigenvalue weighted by atomic mass is 32.2. The zero-order valence-electron chi connectivity index (χ0n) is 16.8. The van der Waals surface area contributed by atoms with Crippen LogP contribution < -0.4 is 11.1 Å². The number of pyridine rings is 1. The maximum absolute atomic E-state index is 12.4.